The Morgan fingerprint density at radius 3 is 2.93 bits per heavy atom. The van der Waals surface area contributed by atoms with E-state index in [1.54, 1.807) is 7.11 Å². The number of imidazole rings is 1. The van der Waals surface area contributed by atoms with Gasteiger partial charge in [-0.3, -0.25) is 0 Å². The van der Waals surface area contributed by atoms with Crippen molar-refractivity contribution < 1.29 is 9.53 Å². The van der Waals surface area contributed by atoms with Crippen LogP contribution < -0.4 is 10.1 Å². The zero-order chi connectivity index (χ0) is 18.6. The number of carbonyl (C=O) groups is 1. The third kappa shape index (κ3) is 3.74. The van der Waals surface area contributed by atoms with Gasteiger partial charge in [0.1, 0.15) is 11.6 Å². The van der Waals surface area contributed by atoms with E-state index in [2.05, 4.69) is 10.3 Å². The average Bonchev–Trinajstić information content (AvgIpc) is 3.16. The Balaban J connectivity index is 1.40. The van der Waals surface area contributed by atoms with Gasteiger partial charge in [0.2, 0.25) is 0 Å². The fourth-order valence-corrected chi connectivity index (χ4v) is 3.68. The van der Waals surface area contributed by atoms with Crippen LogP contribution in [0, 0.1) is 0 Å². The summed E-state index contributed by atoms with van der Waals surface area (Å²) in [5, 5.41) is 3.02. The molecule has 140 valence electrons. The maximum absolute atomic E-state index is 12.7. The number of urea groups is 1. The summed E-state index contributed by atoms with van der Waals surface area (Å²) in [5.41, 5.74) is 3.00. The molecule has 2 N–H and O–H groups in total. The Bertz CT molecular complexity index is 904. The first-order chi connectivity index (χ1) is 13.2. The Morgan fingerprint density at radius 1 is 1.26 bits per heavy atom. The molecular formula is C21H24N4O2. The molecule has 1 aromatic heterocycles. The minimum atomic E-state index is -0.0401. The monoisotopic (exact) mass is 364 g/mol. The number of fused-ring (bicyclic) bond motifs is 1. The first-order valence-electron chi connectivity index (χ1n) is 9.34. The van der Waals surface area contributed by atoms with Crippen molar-refractivity contribution >= 4 is 17.1 Å². The highest BCUT2D eigenvalue weighted by molar-refractivity contribution is 5.75. The van der Waals surface area contributed by atoms with Crippen molar-refractivity contribution in [3.8, 4) is 5.75 Å². The van der Waals surface area contributed by atoms with E-state index in [1.165, 1.54) is 0 Å². The van der Waals surface area contributed by atoms with Gasteiger partial charge in [0.25, 0.3) is 0 Å². The molecule has 27 heavy (non-hydrogen) atoms. The van der Waals surface area contributed by atoms with Gasteiger partial charge in [-0.25, -0.2) is 9.78 Å². The van der Waals surface area contributed by atoms with E-state index in [9.17, 15) is 4.79 Å². The second kappa shape index (κ2) is 7.70. The van der Waals surface area contributed by atoms with Crippen molar-refractivity contribution in [3.05, 3.63) is 59.9 Å². The predicted octanol–water partition coefficient (Wildman–Crippen LogP) is 3.66. The van der Waals surface area contributed by atoms with E-state index < -0.39 is 0 Å². The SMILES string of the molecule is COc1ccccc1CNC(=O)N1CCC[C@H](c2nc3ccccc3[nH]2)C1. The summed E-state index contributed by atoms with van der Waals surface area (Å²) in [5.74, 6) is 2.00. The molecule has 3 aromatic rings. The van der Waals surface area contributed by atoms with Gasteiger partial charge in [0.15, 0.2) is 0 Å². The van der Waals surface area contributed by atoms with Gasteiger partial charge in [-0.05, 0) is 31.0 Å². The minimum absolute atomic E-state index is 0.0401. The largest absolute Gasteiger partial charge is 0.496 e. The Labute approximate surface area is 158 Å². The van der Waals surface area contributed by atoms with Gasteiger partial charge in [-0.1, -0.05) is 30.3 Å². The number of aromatic nitrogens is 2. The van der Waals surface area contributed by atoms with Crippen molar-refractivity contribution in [1.82, 2.24) is 20.2 Å². The second-order valence-electron chi connectivity index (χ2n) is 6.89. The highest BCUT2D eigenvalue weighted by Crippen LogP contribution is 2.27. The Morgan fingerprint density at radius 2 is 2.07 bits per heavy atom. The lowest BCUT2D eigenvalue weighted by atomic mass is 9.97. The van der Waals surface area contributed by atoms with Gasteiger partial charge in [0, 0.05) is 31.1 Å². The smallest absolute Gasteiger partial charge is 0.317 e. The number of rotatable bonds is 4. The number of H-pyrrole nitrogens is 1. The van der Waals surface area contributed by atoms with Crippen molar-refractivity contribution in [2.24, 2.45) is 0 Å². The van der Waals surface area contributed by atoms with Gasteiger partial charge in [-0.15, -0.1) is 0 Å². The number of carbonyl (C=O) groups excluding carboxylic acids is 1. The van der Waals surface area contributed by atoms with E-state index >= 15 is 0 Å². The number of hydrogen-bond donors (Lipinski definition) is 2. The number of para-hydroxylation sites is 3. The first kappa shape index (κ1) is 17.4. The van der Waals surface area contributed by atoms with Crippen LogP contribution in [-0.2, 0) is 6.54 Å². The summed E-state index contributed by atoms with van der Waals surface area (Å²) in [6.45, 7) is 1.90. The highest BCUT2D eigenvalue weighted by atomic mass is 16.5. The van der Waals surface area contributed by atoms with Crippen LogP contribution in [0.1, 0.15) is 30.1 Å². The van der Waals surface area contributed by atoms with Crippen LogP contribution in [0.3, 0.4) is 0 Å². The number of nitrogens with zero attached hydrogens (tertiary/aromatic N) is 2. The number of aromatic amines is 1. The molecule has 0 unspecified atom stereocenters. The van der Waals surface area contributed by atoms with E-state index in [-0.39, 0.29) is 11.9 Å². The molecule has 2 heterocycles. The van der Waals surface area contributed by atoms with Crippen LogP contribution >= 0.6 is 0 Å². The van der Waals surface area contributed by atoms with Gasteiger partial charge < -0.3 is 19.9 Å². The number of hydrogen-bond acceptors (Lipinski definition) is 3. The molecule has 2 amide bonds. The normalized spacial score (nSPS) is 17.1. The third-order valence-electron chi connectivity index (χ3n) is 5.13. The Kier molecular flexibility index (Phi) is 4.96. The summed E-state index contributed by atoms with van der Waals surface area (Å²) >= 11 is 0. The molecule has 4 rings (SSSR count). The fourth-order valence-electron chi connectivity index (χ4n) is 3.68. The van der Waals surface area contributed by atoms with Crippen LogP contribution in [0.15, 0.2) is 48.5 Å². The van der Waals surface area contributed by atoms with Crippen LogP contribution in [0.5, 0.6) is 5.75 Å². The van der Waals surface area contributed by atoms with Gasteiger partial charge in [0.05, 0.1) is 18.1 Å². The number of likely N-dealkylation sites (tertiary alicyclic amines) is 1. The number of piperidine rings is 1. The molecule has 0 bridgehead atoms. The first-order valence-corrected chi connectivity index (χ1v) is 9.34. The van der Waals surface area contributed by atoms with E-state index in [0.717, 1.165) is 47.6 Å². The molecule has 1 fully saturated rings. The van der Waals surface area contributed by atoms with Crippen molar-refractivity contribution in [2.45, 2.75) is 25.3 Å². The molecule has 2 aromatic carbocycles. The van der Waals surface area contributed by atoms with Crippen LogP contribution in [0.25, 0.3) is 11.0 Å². The molecule has 1 saturated heterocycles. The topological polar surface area (TPSA) is 70.2 Å². The number of amides is 2. The molecule has 1 aliphatic rings. The molecule has 0 saturated carbocycles. The van der Waals surface area contributed by atoms with Crippen molar-refractivity contribution in [2.75, 3.05) is 20.2 Å². The molecule has 1 aliphatic heterocycles. The maximum Gasteiger partial charge on any atom is 0.317 e. The zero-order valence-electron chi connectivity index (χ0n) is 15.4. The lowest BCUT2D eigenvalue weighted by Crippen LogP contribution is -2.44. The predicted molar refractivity (Wildman–Crippen MR) is 105 cm³/mol. The fraction of sp³-hybridized carbons (Fsp3) is 0.333. The summed E-state index contributed by atoms with van der Waals surface area (Å²) in [4.78, 5) is 22.7. The molecule has 0 spiro atoms. The van der Waals surface area contributed by atoms with E-state index in [1.807, 2.05) is 53.4 Å². The van der Waals surface area contributed by atoms with Crippen molar-refractivity contribution in [3.63, 3.8) is 0 Å². The number of benzene rings is 2. The lowest BCUT2D eigenvalue weighted by molar-refractivity contribution is 0.178. The minimum Gasteiger partial charge on any atom is -0.496 e. The van der Waals surface area contributed by atoms with Crippen LogP contribution in [-0.4, -0.2) is 41.1 Å². The van der Waals surface area contributed by atoms with E-state index in [0.29, 0.717) is 13.1 Å². The lowest BCUT2D eigenvalue weighted by Gasteiger charge is -2.32. The molecular weight excluding hydrogens is 340 g/mol. The molecule has 0 radical (unpaired) electrons. The van der Waals surface area contributed by atoms with Crippen molar-refractivity contribution in [1.29, 1.82) is 0 Å². The number of ether oxygens (including phenoxy) is 1. The summed E-state index contributed by atoms with van der Waals surface area (Å²) < 4.78 is 5.35. The molecule has 6 nitrogen and oxygen atoms in total. The van der Waals surface area contributed by atoms with Crippen LogP contribution in [0.2, 0.25) is 0 Å². The summed E-state index contributed by atoms with van der Waals surface area (Å²) in [6, 6.07) is 15.7. The highest BCUT2D eigenvalue weighted by Gasteiger charge is 2.26. The standard InChI is InChI=1S/C21H24N4O2/c1-27-19-11-5-2-7-15(19)13-22-21(26)25-12-6-8-16(14-25)20-23-17-9-3-4-10-18(17)24-20/h2-5,7,9-11,16H,6,8,12-14H2,1H3,(H,22,26)(H,23,24)/t16-/m0/s1. The van der Waals surface area contributed by atoms with Gasteiger partial charge in [-0.2, -0.15) is 0 Å². The molecule has 6 heteroatoms. The third-order valence-corrected chi connectivity index (χ3v) is 5.13. The summed E-state index contributed by atoms with van der Waals surface area (Å²) in [7, 11) is 1.64. The second-order valence-corrected chi connectivity index (χ2v) is 6.89. The maximum atomic E-state index is 12.7. The van der Waals surface area contributed by atoms with Gasteiger partial charge >= 0.3 is 6.03 Å². The van der Waals surface area contributed by atoms with E-state index in [4.69, 9.17) is 9.72 Å². The number of nitrogens with one attached hydrogen (secondary N) is 2. The molecule has 0 aliphatic carbocycles. The molecule has 1 atom stereocenters. The quantitative estimate of drug-likeness (QED) is 0.742. The van der Waals surface area contributed by atoms with Crippen LogP contribution in [0.4, 0.5) is 4.79 Å². The summed E-state index contributed by atoms with van der Waals surface area (Å²) in [6.07, 6.45) is 2.01. The number of methoxy groups -OCH3 is 1. The Hall–Kier alpha value is -3.02. The average molecular weight is 364 g/mol. The zero-order valence-corrected chi connectivity index (χ0v) is 15.4.